The summed E-state index contributed by atoms with van der Waals surface area (Å²) < 4.78 is 0. The highest BCUT2D eigenvalue weighted by molar-refractivity contribution is 5.36. The van der Waals surface area contributed by atoms with E-state index in [0.29, 0.717) is 11.4 Å². The molecule has 1 heterocycles. The van der Waals surface area contributed by atoms with Gasteiger partial charge in [-0.2, -0.15) is 0 Å². The second-order valence-electron chi connectivity index (χ2n) is 3.65. The Kier molecular flexibility index (Phi) is 2.13. The van der Waals surface area contributed by atoms with Crippen molar-refractivity contribution in [1.29, 1.82) is 0 Å². The smallest absolute Gasteiger partial charge is 0.255 e. The number of anilines is 1. The summed E-state index contributed by atoms with van der Waals surface area (Å²) in [6.07, 6.45) is 0. The van der Waals surface area contributed by atoms with Crippen LogP contribution in [0.25, 0.3) is 0 Å². The normalized spacial score (nSPS) is 11.7. The van der Waals surface area contributed by atoms with Crippen LogP contribution in [0.5, 0.6) is 0 Å². The summed E-state index contributed by atoms with van der Waals surface area (Å²) in [4.78, 5) is 17.9. The first kappa shape index (κ1) is 9.73. The standard InChI is InChI=1S/C8H14N4O/c1-4-5(9)11-7(8(2,3)10)12-6(4)13/h10H2,1-3H3,(H3,9,11,12,13). The van der Waals surface area contributed by atoms with Crippen LogP contribution >= 0.6 is 0 Å². The number of nitrogens with zero attached hydrogens (tertiary/aromatic N) is 1. The van der Waals surface area contributed by atoms with Crippen LogP contribution in [0, 0.1) is 6.92 Å². The van der Waals surface area contributed by atoms with E-state index >= 15 is 0 Å². The van der Waals surface area contributed by atoms with Gasteiger partial charge in [-0.3, -0.25) is 4.79 Å². The van der Waals surface area contributed by atoms with Crippen LogP contribution < -0.4 is 17.0 Å². The quantitative estimate of drug-likeness (QED) is 0.562. The van der Waals surface area contributed by atoms with Crippen molar-refractivity contribution >= 4 is 5.82 Å². The van der Waals surface area contributed by atoms with Crippen molar-refractivity contribution in [3.8, 4) is 0 Å². The molecule has 0 aliphatic carbocycles. The molecule has 5 heteroatoms. The molecule has 0 aliphatic heterocycles. The molecule has 13 heavy (non-hydrogen) atoms. The van der Waals surface area contributed by atoms with Gasteiger partial charge in [0.05, 0.1) is 11.1 Å². The average molecular weight is 182 g/mol. The Bertz CT molecular complexity index is 375. The molecule has 0 saturated carbocycles. The lowest BCUT2D eigenvalue weighted by molar-refractivity contribution is 0.512. The van der Waals surface area contributed by atoms with Gasteiger partial charge in [0, 0.05) is 0 Å². The zero-order valence-electron chi connectivity index (χ0n) is 8.01. The molecule has 5 N–H and O–H groups in total. The maximum Gasteiger partial charge on any atom is 0.255 e. The van der Waals surface area contributed by atoms with E-state index in [0.717, 1.165) is 0 Å². The monoisotopic (exact) mass is 182 g/mol. The molecular formula is C8H14N4O. The van der Waals surface area contributed by atoms with Gasteiger partial charge in [0.2, 0.25) is 0 Å². The molecule has 0 amide bonds. The number of hydrogen-bond acceptors (Lipinski definition) is 4. The predicted molar refractivity (Wildman–Crippen MR) is 51.2 cm³/mol. The minimum Gasteiger partial charge on any atom is -0.383 e. The second kappa shape index (κ2) is 2.85. The number of nitrogen functional groups attached to an aromatic ring is 1. The fourth-order valence-electron chi connectivity index (χ4n) is 0.855. The topological polar surface area (TPSA) is 97.8 Å². The molecule has 0 radical (unpaired) electrons. The van der Waals surface area contributed by atoms with Crippen molar-refractivity contribution in [2.75, 3.05) is 5.73 Å². The Morgan fingerprint density at radius 2 is 2.00 bits per heavy atom. The van der Waals surface area contributed by atoms with E-state index in [1.807, 2.05) is 0 Å². The summed E-state index contributed by atoms with van der Waals surface area (Å²) in [7, 11) is 0. The fourth-order valence-corrected chi connectivity index (χ4v) is 0.855. The molecule has 0 aromatic carbocycles. The molecule has 1 aromatic heterocycles. The zero-order chi connectivity index (χ0) is 10.2. The highest BCUT2D eigenvalue weighted by atomic mass is 16.1. The van der Waals surface area contributed by atoms with Crippen molar-refractivity contribution in [2.45, 2.75) is 26.3 Å². The molecule has 0 fully saturated rings. The highest BCUT2D eigenvalue weighted by Gasteiger charge is 2.18. The number of hydrogen-bond donors (Lipinski definition) is 3. The lowest BCUT2D eigenvalue weighted by atomic mass is 10.1. The van der Waals surface area contributed by atoms with Crippen molar-refractivity contribution in [3.63, 3.8) is 0 Å². The minimum absolute atomic E-state index is 0.234. The molecule has 0 aliphatic rings. The van der Waals surface area contributed by atoms with E-state index in [1.54, 1.807) is 20.8 Å². The lowest BCUT2D eigenvalue weighted by Gasteiger charge is -2.17. The van der Waals surface area contributed by atoms with E-state index in [9.17, 15) is 4.79 Å². The molecule has 1 aromatic rings. The first-order chi connectivity index (χ1) is 5.82. The van der Waals surface area contributed by atoms with Gasteiger partial charge >= 0.3 is 0 Å². The number of nitrogens with two attached hydrogens (primary N) is 2. The van der Waals surface area contributed by atoms with Gasteiger partial charge in [0.25, 0.3) is 5.56 Å². The third-order valence-corrected chi connectivity index (χ3v) is 1.80. The van der Waals surface area contributed by atoms with Crippen LogP contribution in [0.1, 0.15) is 25.2 Å². The summed E-state index contributed by atoms with van der Waals surface area (Å²) in [5, 5.41) is 0. The molecule has 5 nitrogen and oxygen atoms in total. The molecule has 72 valence electrons. The number of rotatable bonds is 1. The molecule has 0 spiro atoms. The molecule has 1 rings (SSSR count). The fraction of sp³-hybridized carbons (Fsp3) is 0.500. The first-order valence-electron chi connectivity index (χ1n) is 3.98. The van der Waals surface area contributed by atoms with Crippen LogP contribution in [0.15, 0.2) is 4.79 Å². The molecule has 0 bridgehead atoms. The summed E-state index contributed by atoms with van der Waals surface area (Å²) in [5.74, 6) is 0.637. The zero-order valence-corrected chi connectivity index (χ0v) is 8.01. The second-order valence-corrected chi connectivity index (χ2v) is 3.65. The highest BCUT2D eigenvalue weighted by Crippen LogP contribution is 2.11. The largest absolute Gasteiger partial charge is 0.383 e. The van der Waals surface area contributed by atoms with Gasteiger partial charge in [-0.25, -0.2) is 4.98 Å². The Balaban J connectivity index is 3.38. The predicted octanol–water partition coefficient (Wildman–Crippen LogP) is -0.146. The Morgan fingerprint density at radius 1 is 1.46 bits per heavy atom. The van der Waals surface area contributed by atoms with Crippen molar-refractivity contribution in [3.05, 3.63) is 21.7 Å². The van der Waals surface area contributed by atoms with E-state index in [4.69, 9.17) is 11.5 Å². The SMILES string of the molecule is Cc1c(N)nc(C(C)(C)N)[nH]c1=O. The van der Waals surface area contributed by atoms with Gasteiger partial charge in [0.15, 0.2) is 0 Å². The van der Waals surface area contributed by atoms with Gasteiger partial charge < -0.3 is 16.5 Å². The van der Waals surface area contributed by atoms with Gasteiger partial charge in [-0.1, -0.05) is 0 Å². The van der Waals surface area contributed by atoms with Crippen LogP contribution in [0.3, 0.4) is 0 Å². The summed E-state index contributed by atoms with van der Waals surface area (Å²) >= 11 is 0. The van der Waals surface area contributed by atoms with E-state index < -0.39 is 5.54 Å². The van der Waals surface area contributed by atoms with E-state index in [-0.39, 0.29) is 11.4 Å². The third kappa shape index (κ3) is 1.86. The summed E-state index contributed by atoms with van der Waals surface area (Å²) in [6.45, 7) is 5.12. The first-order valence-corrected chi connectivity index (χ1v) is 3.98. The summed E-state index contributed by atoms with van der Waals surface area (Å²) in [5.41, 5.74) is 10.8. The molecule has 0 unspecified atom stereocenters. The molecular weight excluding hydrogens is 168 g/mol. The van der Waals surface area contributed by atoms with Gasteiger partial charge in [-0.05, 0) is 20.8 Å². The maximum absolute atomic E-state index is 11.3. The number of aromatic amines is 1. The van der Waals surface area contributed by atoms with Gasteiger partial charge in [-0.15, -0.1) is 0 Å². The lowest BCUT2D eigenvalue weighted by Crippen LogP contribution is -2.34. The number of nitrogens with one attached hydrogen (secondary N) is 1. The Labute approximate surface area is 76.2 Å². The van der Waals surface area contributed by atoms with E-state index in [1.165, 1.54) is 0 Å². The molecule has 0 atom stereocenters. The van der Waals surface area contributed by atoms with Crippen LogP contribution in [0.4, 0.5) is 5.82 Å². The maximum atomic E-state index is 11.3. The average Bonchev–Trinajstić information content (AvgIpc) is 1.97. The van der Waals surface area contributed by atoms with Gasteiger partial charge in [0.1, 0.15) is 11.6 Å². The Morgan fingerprint density at radius 3 is 2.38 bits per heavy atom. The van der Waals surface area contributed by atoms with Crippen molar-refractivity contribution in [2.24, 2.45) is 5.73 Å². The number of H-pyrrole nitrogens is 1. The Hall–Kier alpha value is -1.36. The van der Waals surface area contributed by atoms with Crippen molar-refractivity contribution < 1.29 is 0 Å². The van der Waals surface area contributed by atoms with Crippen LogP contribution in [0.2, 0.25) is 0 Å². The number of aromatic nitrogens is 2. The minimum atomic E-state index is -0.680. The van der Waals surface area contributed by atoms with Crippen LogP contribution in [-0.2, 0) is 5.54 Å². The van der Waals surface area contributed by atoms with E-state index in [2.05, 4.69) is 9.97 Å². The van der Waals surface area contributed by atoms with Crippen molar-refractivity contribution in [1.82, 2.24) is 9.97 Å². The van der Waals surface area contributed by atoms with Crippen LogP contribution in [-0.4, -0.2) is 9.97 Å². The summed E-state index contributed by atoms with van der Waals surface area (Å²) in [6, 6.07) is 0. The third-order valence-electron chi connectivity index (χ3n) is 1.80. The molecule has 0 saturated heterocycles.